The molecular formula is C16H16FN5O. The van der Waals surface area contributed by atoms with Crippen molar-refractivity contribution in [2.75, 3.05) is 18.9 Å². The van der Waals surface area contributed by atoms with Crippen LogP contribution >= 0.6 is 0 Å². The van der Waals surface area contributed by atoms with Gasteiger partial charge in [-0.1, -0.05) is 0 Å². The molecule has 2 aromatic heterocycles. The van der Waals surface area contributed by atoms with Gasteiger partial charge in [0, 0.05) is 18.7 Å². The van der Waals surface area contributed by atoms with Crippen LogP contribution in [-0.2, 0) is 6.54 Å². The second kappa shape index (κ2) is 6.64. The molecule has 0 saturated carbocycles. The average Bonchev–Trinajstić information content (AvgIpc) is 2.55. The second-order valence-electron chi connectivity index (χ2n) is 5.07. The molecule has 3 aromatic rings. The van der Waals surface area contributed by atoms with E-state index >= 15 is 0 Å². The third-order valence-electron chi connectivity index (χ3n) is 3.38. The molecule has 0 amide bonds. The van der Waals surface area contributed by atoms with Crippen molar-refractivity contribution in [1.29, 1.82) is 0 Å². The van der Waals surface area contributed by atoms with Crippen molar-refractivity contribution in [3.05, 3.63) is 48.0 Å². The Kier molecular flexibility index (Phi) is 4.40. The number of nitrogens with one attached hydrogen (secondary N) is 1. The highest BCUT2D eigenvalue weighted by Gasteiger charge is 2.08. The van der Waals surface area contributed by atoms with Gasteiger partial charge in [-0.3, -0.25) is 0 Å². The lowest BCUT2D eigenvalue weighted by atomic mass is 10.1. The van der Waals surface area contributed by atoms with Crippen molar-refractivity contribution >= 4 is 16.9 Å². The van der Waals surface area contributed by atoms with Crippen molar-refractivity contribution in [3.63, 3.8) is 0 Å². The zero-order valence-corrected chi connectivity index (χ0v) is 12.3. The molecule has 0 unspecified atom stereocenters. The van der Waals surface area contributed by atoms with Crippen LogP contribution in [0.15, 0.2) is 36.7 Å². The molecule has 2 heterocycles. The molecule has 0 aliphatic carbocycles. The second-order valence-corrected chi connectivity index (χ2v) is 5.07. The number of benzene rings is 1. The topological polar surface area (TPSA) is 97.0 Å². The van der Waals surface area contributed by atoms with Crippen molar-refractivity contribution in [1.82, 2.24) is 20.3 Å². The zero-order valence-electron chi connectivity index (χ0n) is 12.3. The maximum Gasteiger partial charge on any atom is 0.153 e. The fourth-order valence-corrected chi connectivity index (χ4v) is 2.33. The fourth-order valence-electron chi connectivity index (χ4n) is 2.33. The van der Waals surface area contributed by atoms with E-state index in [1.165, 1.54) is 18.5 Å². The zero-order chi connectivity index (χ0) is 16.2. The molecule has 0 radical (unpaired) electrons. The number of halogens is 1. The maximum atomic E-state index is 13.9. The summed E-state index contributed by atoms with van der Waals surface area (Å²) in [4.78, 5) is 12.5. The van der Waals surface area contributed by atoms with E-state index in [9.17, 15) is 4.39 Å². The van der Waals surface area contributed by atoms with Crippen LogP contribution < -0.4 is 11.1 Å². The van der Waals surface area contributed by atoms with E-state index in [0.29, 0.717) is 35.4 Å². The summed E-state index contributed by atoms with van der Waals surface area (Å²) < 4.78 is 13.9. The van der Waals surface area contributed by atoms with Crippen LogP contribution in [0.5, 0.6) is 0 Å². The Morgan fingerprint density at radius 1 is 1.17 bits per heavy atom. The number of nitrogens with two attached hydrogens (primary N) is 1. The predicted octanol–water partition coefficient (Wildman–Crippen LogP) is 1.49. The number of nitrogens with zero attached hydrogens (tertiary/aromatic N) is 3. The first-order chi connectivity index (χ1) is 11.2. The van der Waals surface area contributed by atoms with Crippen molar-refractivity contribution in [3.8, 4) is 11.3 Å². The number of fused-ring (bicyclic) bond motifs is 1. The van der Waals surface area contributed by atoms with E-state index in [1.807, 2.05) is 6.07 Å². The molecule has 0 fully saturated rings. The fraction of sp³-hybridized carbons (Fsp3) is 0.188. The van der Waals surface area contributed by atoms with Gasteiger partial charge < -0.3 is 16.2 Å². The van der Waals surface area contributed by atoms with E-state index < -0.39 is 0 Å². The SMILES string of the molecule is Nc1ncnc2ccc(-c3cc(F)cc(CNCCO)c3)nc12. The van der Waals surface area contributed by atoms with Crippen molar-refractivity contribution in [2.45, 2.75) is 6.54 Å². The lowest BCUT2D eigenvalue weighted by Gasteiger charge is -2.08. The van der Waals surface area contributed by atoms with Gasteiger partial charge in [-0.15, -0.1) is 0 Å². The molecule has 0 saturated heterocycles. The van der Waals surface area contributed by atoms with Gasteiger partial charge in [0.05, 0.1) is 17.8 Å². The first-order valence-electron chi connectivity index (χ1n) is 7.16. The van der Waals surface area contributed by atoms with Crippen molar-refractivity contribution < 1.29 is 9.50 Å². The molecule has 0 bridgehead atoms. The summed E-state index contributed by atoms with van der Waals surface area (Å²) >= 11 is 0. The van der Waals surface area contributed by atoms with E-state index in [1.54, 1.807) is 12.1 Å². The Labute approximate surface area is 132 Å². The summed E-state index contributed by atoms with van der Waals surface area (Å²) in [5.41, 5.74) is 8.98. The Hall–Kier alpha value is -2.64. The molecule has 0 aliphatic heterocycles. The Bertz CT molecular complexity index is 840. The third kappa shape index (κ3) is 3.41. The van der Waals surface area contributed by atoms with Gasteiger partial charge in [0.15, 0.2) is 5.82 Å². The summed E-state index contributed by atoms with van der Waals surface area (Å²) in [7, 11) is 0. The predicted molar refractivity (Wildman–Crippen MR) is 85.9 cm³/mol. The minimum Gasteiger partial charge on any atom is -0.395 e. The number of aromatic nitrogens is 3. The number of anilines is 1. The normalized spacial score (nSPS) is 11.0. The van der Waals surface area contributed by atoms with Crippen molar-refractivity contribution in [2.24, 2.45) is 0 Å². The molecule has 1 aromatic carbocycles. The minimum atomic E-state index is -0.345. The van der Waals surface area contributed by atoms with Gasteiger partial charge in [-0.05, 0) is 35.9 Å². The molecule has 7 heteroatoms. The quantitative estimate of drug-likeness (QED) is 0.618. The number of hydrogen-bond acceptors (Lipinski definition) is 6. The molecule has 0 atom stereocenters. The number of pyridine rings is 1. The largest absolute Gasteiger partial charge is 0.395 e. The van der Waals surface area contributed by atoms with E-state index in [4.69, 9.17) is 10.8 Å². The highest BCUT2D eigenvalue weighted by atomic mass is 19.1. The Morgan fingerprint density at radius 2 is 2.04 bits per heavy atom. The number of aliphatic hydroxyl groups excluding tert-OH is 1. The van der Waals surface area contributed by atoms with Gasteiger partial charge >= 0.3 is 0 Å². The molecule has 6 nitrogen and oxygen atoms in total. The number of nitrogen functional groups attached to an aromatic ring is 1. The lowest BCUT2D eigenvalue weighted by molar-refractivity contribution is 0.292. The molecular weight excluding hydrogens is 297 g/mol. The Morgan fingerprint density at radius 3 is 2.87 bits per heavy atom. The number of rotatable bonds is 5. The molecule has 0 spiro atoms. The summed E-state index contributed by atoms with van der Waals surface area (Å²) in [6.45, 7) is 0.950. The highest BCUT2D eigenvalue weighted by Crippen LogP contribution is 2.24. The van der Waals surface area contributed by atoms with Crippen LogP contribution in [0.4, 0.5) is 10.2 Å². The van der Waals surface area contributed by atoms with Crippen LogP contribution in [0.25, 0.3) is 22.3 Å². The smallest absolute Gasteiger partial charge is 0.153 e. The summed E-state index contributed by atoms with van der Waals surface area (Å²) in [5.74, 6) is -0.0550. The summed E-state index contributed by atoms with van der Waals surface area (Å²) in [5, 5.41) is 11.8. The van der Waals surface area contributed by atoms with E-state index in [-0.39, 0.29) is 18.2 Å². The van der Waals surface area contributed by atoms with Crippen LogP contribution in [0.2, 0.25) is 0 Å². The van der Waals surface area contributed by atoms with Crippen LogP contribution in [0, 0.1) is 5.82 Å². The number of aliphatic hydroxyl groups is 1. The molecule has 4 N–H and O–H groups in total. The lowest BCUT2D eigenvalue weighted by Crippen LogP contribution is -2.17. The molecule has 0 aliphatic rings. The highest BCUT2D eigenvalue weighted by molar-refractivity contribution is 5.85. The summed E-state index contributed by atoms with van der Waals surface area (Å²) in [6, 6.07) is 8.27. The van der Waals surface area contributed by atoms with Gasteiger partial charge in [-0.25, -0.2) is 19.3 Å². The van der Waals surface area contributed by atoms with Crippen LogP contribution in [-0.4, -0.2) is 33.2 Å². The minimum absolute atomic E-state index is 0.0354. The van der Waals surface area contributed by atoms with Gasteiger partial charge in [0.1, 0.15) is 17.7 Å². The van der Waals surface area contributed by atoms with E-state index in [2.05, 4.69) is 20.3 Å². The first-order valence-corrected chi connectivity index (χ1v) is 7.16. The molecule has 118 valence electrons. The number of hydrogen-bond donors (Lipinski definition) is 3. The van der Waals surface area contributed by atoms with Gasteiger partial charge in [0.25, 0.3) is 0 Å². The molecule has 3 rings (SSSR count). The first kappa shape index (κ1) is 15.3. The van der Waals surface area contributed by atoms with Gasteiger partial charge in [0.2, 0.25) is 0 Å². The standard InChI is InChI=1S/C16H16FN5O/c17-12-6-10(8-19-3-4-23)5-11(7-12)13-1-2-14-15(22-13)16(18)21-9-20-14/h1-2,5-7,9,19,23H,3-4,8H2,(H2,18,20,21). The van der Waals surface area contributed by atoms with Gasteiger partial charge in [-0.2, -0.15) is 0 Å². The summed E-state index contributed by atoms with van der Waals surface area (Å²) in [6.07, 6.45) is 1.38. The molecule has 23 heavy (non-hydrogen) atoms. The van der Waals surface area contributed by atoms with Crippen LogP contribution in [0.1, 0.15) is 5.56 Å². The maximum absolute atomic E-state index is 13.9. The van der Waals surface area contributed by atoms with Crippen LogP contribution in [0.3, 0.4) is 0 Å². The Balaban J connectivity index is 1.99. The van der Waals surface area contributed by atoms with E-state index in [0.717, 1.165) is 5.56 Å². The average molecular weight is 313 g/mol. The third-order valence-corrected chi connectivity index (χ3v) is 3.38. The monoisotopic (exact) mass is 313 g/mol.